The lowest BCUT2D eigenvalue weighted by Crippen LogP contribution is -2.53. The second-order valence-corrected chi connectivity index (χ2v) is 17.0. The lowest BCUT2D eigenvalue weighted by molar-refractivity contribution is -0.139. The molecule has 3 fully saturated rings. The van der Waals surface area contributed by atoms with E-state index in [1.165, 1.54) is 12.1 Å². The normalized spacial score (nSPS) is 24.4. The first-order valence-electron chi connectivity index (χ1n) is 19.9. The number of amides is 4. The SMILES string of the molecule is CN(C)c1ccc(N=Nc2ccc(N3C(=O)[C@H]4[C@H](CC=C5[C@H]4C[C@H]4C(=O)N(Nc6ncc(C(F)(F)F)cc6Cl)C(=O)[C@@]4(c4ccc(Cl)cc4)[C@H]5c4cccc(O)c4)C3=O)cc2)cc1. The highest BCUT2D eigenvalue weighted by Gasteiger charge is 2.70. The number of imide groups is 2. The Morgan fingerprint density at radius 2 is 1.51 bits per heavy atom. The zero-order valence-corrected chi connectivity index (χ0v) is 34.9. The van der Waals surface area contributed by atoms with Gasteiger partial charge in [-0.15, -0.1) is 0 Å². The number of pyridine rings is 1. The molecule has 2 N–H and O–H groups in total. The summed E-state index contributed by atoms with van der Waals surface area (Å²) in [6.07, 6.45) is -2.29. The van der Waals surface area contributed by atoms with Crippen LogP contribution in [0, 0.1) is 23.7 Å². The number of phenols is 1. The quantitative estimate of drug-likeness (QED) is 0.0889. The number of rotatable bonds is 8. The summed E-state index contributed by atoms with van der Waals surface area (Å²) in [6, 6.07) is 27.4. The fourth-order valence-corrected chi connectivity index (χ4v) is 10.1. The van der Waals surface area contributed by atoms with Gasteiger partial charge in [0.1, 0.15) is 5.75 Å². The first-order chi connectivity index (χ1) is 30.1. The Morgan fingerprint density at radius 3 is 2.13 bits per heavy atom. The molecule has 63 heavy (non-hydrogen) atoms. The molecule has 0 unspecified atom stereocenters. The fourth-order valence-electron chi connectivity index (χ4n) is 9.72. The van der Waals surface area contributed by atoms with Gasteiger partial charge in [0.2, 0.25) is 11.8 Å². The molecule has 9 rings (SSSR count). The van der Waals surface area contributed by atoms with Crippen molar-refractivity contribution in [1.82, 2.24) is 9.99 Å². The molecule has 0 bridgehead atoms. The molecule has 2 saturated heterocycles. The number of carbonyl (C=O) groups is 4. The number of phenolic OH excluding ortho intramolecular Hbond substituents is 1. The summed E-state index contributed by atoms with van der Waals surface area (Å²) in [6.45, 7) is 0. The maximum atomic E-state index is 15.3. The van der Waals surface area contributed by atoms with Crippen molar-refractivity contribution in [2.24, 2.45) is 33.9 Å². The van der Waals surface area contributed by atoms with Crippen molar-refractivity contribution in [1.29, 1.82) is 0 Å². The molecule has 4 aliphatic rings. The van der Waals surface area contributed by atoms with Gasteiger partial charge in [-0.05, 0) is 109 Å². The minimum Gasteiger partial charge on any atom is -0.508 e. The minimum atomic E-state index is -4.76. The fraction of sp³-hybridized carbons (Fsp3) is 0.239. The van der Waals surface area contributed by atoms with Gasteiger partial charge in [0.25, 0.3) is 11.8 Å². The van der Waals surface area contributed by atoms with E-state index in [4.69, 9.17) is 23.2 Å². The van der Waals surface area contributed by atoms with E-state index in [0.717, 1.165) is 15.6 Å². The Labute approximate surface area is 368 Å². The number of allylic oxidation sites excluding steroid dienone is 2. The van der Waals surface area contributed by atoms with Crippen LogP contribution in [0.3, 0.4) is 0 Å². The van der Waals surface area contributed by atoms with Crippen LogP contribution in [0.5, 0.6) is 5.75 Å². The van der Waals surface area contributed by atoms with Gasteiger partial charge < -0.3 is 10.0 Å². The summed E-state index contributed by atoms with van der Waals surface area (Å²) in [5.41, 5.74) is 3.66. The maximum absolute atomic E-state index is 15.3. The average Bonchev–Trinajstić information content (AvgIpc) is 3.64. The zero-order valence-electron chi connectivity index (χ0n) is 33.4. The number of aromatic hydroxyl groups is 1. The average molecular weight is 895 g/mol. The third-order valence-corrected chi connectivity index (χ3v) is 13.1. The van der Waals surface area contributed by atoms with Crippen LogP contribution in [0.15, 0.2) is 131 Å². The topological polar surface area (TPSA) is 148 Å². The number of benzene rings is 4. The van der Waals surface area contributed by atoms with Crippen molar-refractivity contribution in [3.63, 3.8) is 0 Å². The van der Waals surface area contributed by atoms with Crippen LogP contribution < -0.4 is 15.2 Å². The lowest BCUT2D eigenvalue weighted by atomic mass is 9.49. The summed E-state index contributed by atoms with van der Waals surface area (Å²) in [5.74, 6) is -7.58. The second kappa shape index (κ2) is 15.6. The number of hydrogen-bond acceptors (Lipinski definition) is 10. The summed E-state index contributed by atoms with van der Waals surface area (Å²) in [7, 11) is 3.87. The van der Waals surface area contributed by atoms with E-state index in [9.17, 15) is 32.7 Å². The molecular formula is C46H36Cl2F3N7O5. The molecule has 6 atom stereocenters. The van der Waals surface area contributed by atoms with E-state index in [0.29, 0.717) is 51.0 Å². The Morgan fingerprint density at radius 1 is 0.841 bits per heavy atom. The van der Waals surface area contributed by atoms with Crippen molar-refractivity contribution in [3.05, 3.63) is 148 Å². The predicted molar refractivity (Wildman–Crippen MR) is 229 cm³/mol. The van der Waals surface area contributed by atoms with Crippen LogP contribution in [-0.2, 0) is 30.8 Å². The summed E-state index contributed by atoms with van der Waals surface area (Å²) >= 11 is 12.6. The number of hydrogen-bond donors (Lipinski definition) is 2. The van der Waals surface area contributed by atoms with Crippen LogP contribution >= 0.6 is 23.2 Å². The van der Waals surface area contributed by atoms with Crippen LogP contribution in [-0.4, -0.2) is 52.8 Å². The van der Waals surface area contributed by atoms with E-state index in [1.54, 1.807) is 60.7 Å². The number of hydrazine groups is 1. The highest BCUT2D eigenvalue weighted by Crippen LogP contribution is 2.64. The molecule has 320 valence electrons. The number of fused-ring (bicyclic) bond motifs is 4. The molecule has 2 aliphatic heterocycles. The third kappa shape index (κ3) is 6.99. The molecule has 2 aliphatic carbocycles. The number of nitrogens with one attached hydrogen (secondary N) is 1. The molecule has 5 aromatic rings. The molecule has 12 nitrogen and oxygen atoms in total. The largest absolute Gasteiger partial charge is 0.508 e. The molecule has 1 aromatic heterocycles. The predicted octanol–water partition coefficient (Wildman–Crippen LogP) is 9.78. The van der Waals surface area contributed by atoms with Gasteiger partial charge in [0, 0.05) is 36.9 Å². The van der Waals surface area contributed by atoms with Gasteiger partial charge in [0.05, 0.1) is 50.8 Å². The van der Waals surface area contributed by atoms with E-state index >= 15 is 4.79 Å². The first-order valence-corrected chi connectivity index (χ1v) is 20.6. The highest BCUT2D eigenvalue weighted by molar-refractivity contribution is 6.33. The van der Waals surface area contributed by atoms with Gasteiger partial charge in [-0.3, -0.25) is 29.5 Å². The Balaban J connectivity index is 1.10. The van der Waals surface area contributed by atoms with Crippen LogP contribution in [0.4, 0.5) is 41.7 Å². The van der Waals surface area contributed by atoms with Crippen molar-refractivity contribution >= 4 is 75.4 Å². The maximum Gasteiger partial charge on any atom is 0.417 e. The number of aromatic nitrogens is 1. The van der Waals surface area contributed by atoms with Gasteiger partial charge in [-0.1, -0.05) is 59.1 Å². The monoisotopic (exact) mass is 893 g/mol. The minimum absolute atomic E-state index is 0.0659. The van der Waals surface area contributed by atoms with E-state index in [-0.39, 0.29) is 24.4 Å². The van der Waals surface area contributed by atoms with Crippen LogP contribution in [0.25, 0.3) is 0 Å². The molecular weight excluding hydrogens is 858 g/mol. The van der Waals surface area contributed by atoms with Crippen molar-refractivity contribution < 1.29 is 37.5 Å². The van der Waals surface area contributed by atoms with Crippen molar-refractivity contribution in [2.75, 3.05) is 29.3 Å². The smallest absolute Gasteiger partial charge is 0.417 e. The number of halogens is 5. The van der Waals surface area contributed by atoms with Crippen molar-refractivity contribution in [3.8, 4) is 5.75 Å². The Kier molecular flexibility index (Phi) is 10.4. The summed E-state index contributed by atoms with van der Waals surface area (Å²) in [4.78, 5) is 66.2. The Bertz CT molecular complexity index is 2750. The summed E-state index contributed by atoms with van der Waals surface area (Å²) < 4.78 is 40.6. The molecule has 0 radical (unpaired) electrons. The second-order valence-electron chi connectivity index (χ2n) is 16.2. The van der Waals surface area contributed by atoms with E-state index in [2.05, 4.69) is 20.6 Å². The molecule has 17 heteroatoms. The lowest BCUT2D eigenvalue weighted by Gasteiger charge is -2.50. The third-order valence-electron chi connectivity index (χ3n) is 12.5. The van der Waals surface area contributed by atoms with Gasteiger partial charge in [-0.2, -0.15) is 28.4 Å². The van der Waals surface area contributed by atoms with E-state index < -0.39 is 75.4 Å². The molecule has 1 saturated carbocycles. The van der Waals surface area contributed by atoms with Crippen molar-refractivity contribution in [2.45, 2.75) is 30.4 Å². The number of anilines is 3. The Hall–Kier alpha value is -6.58. The van der Waals surface area contributed by atoms with Gasteiger partial charge in [-0.25, -0.2) is 4.98 Å². The highest BCUT2D eigenvalue weighted by atomic mass is 35.5. The first kappa shape index (κ1) is 41.8. The van der Waals surface area contributed by atoms with Gasteiger partial charge >= 0.3 is 6.18 Å². The molecule has 4 aromatic carbocycles. The molecule has 0 spiro atoms. The number of nitrogens with zero attached hydrogens (tertiary/aromatic N) is 6. The van der Waals surface area contributed by atoms with E-state index in [1.807, 2.05) is 49.3 Å². The van der Waals surface area contributed by atoms with Crippen LogP contribution in [0.2, 0.25) is 10.0 Å². The van der Waals surface area contributed by atoms with Gasteiger partial charge in [0.15, 0.2) is 5.82 Å². The number of azo groups is 1. The number of carbonyl (C=O) groups excluding carboxylic acids is 4. The van der Waals surface area contributed by atoms with Crippen LogP contribution in [0.1, 0.15) is 35.4 Å². The number of alkyl halides is 3. The summed E-state index contributed by atoms with van der Waals surface area (Å²) in [5, 5.41) is 20.0. The molecule has 4 amide bonds. The molecule has 3 heterocycles. The standard InChI is InChI=1S/C46H36Cl2F3N7O5/c1-56(2)30-14-10-28(11-15-30)53-54-29-12-16-31(17-13-29)57-41(60)34-19-18-33-35(38(34)43(57)62)22-36-42(61)58(55-40-37(48)21-26(23-52-40)46(49,50)51)44(63)45(36,25-6-8-27(47)9-7-25)39(33)24-4-3-5-32(59)20-24/h3-18,20-21,23,34-36,38-39,59H,19,22H2,1-2H3,(H,52,55)/t34-,35+,36-,38-,39-,45+/m0/s1. The zero-order chi connectivity index (χ0) is 44.5.